The maximum atomic E-state index is 13.7. The van der Waals surface area contributed by atoms with Crippen molar-refractivity contribution < 1.29 is 18.4 Å². The second kappa shape index (κ2) is 12.4. The first-order valence-corrected chi connectivity index (χ1v) is 12.9. The summed E-state index contributed by atoms with van der Waals surface area (Å²) in [5, 5.41) is 5.06. The number of nitrogens with one attached hydrogen (secondary N) is 1. The third-order valence-corrected chi connectivity index (χ3v) is 6.82. The zero-order valence-corrected chi connectivity index (χ0v) is 21.2. The number of hydrogen-bond acceptors (Lipinski definition) is 4. The third-order valence-electron chi connectivity index (χ3n) is 5.98. The molecule has 0 radical (unpaired) electrons. The van der Waals surface area contributed by atoms with Gasteiger partial charge in [0, 0.05) is 18.5 Å². The van der Waals surface area contributed by atoms with Crippen LogP contribution < -0.4 is 5.32 Å². The van der Waals surface area contributed by atoms with Gasteiger partial charge in [0.05, 0.1) is 12.5 Å². The lowest BCUT2D eigenvalue weighted by molar-refractivity contribution is -0.134. The van der Waals surface area contributed by atoms with E-state index in [9.17, 15) is 18.4 Å². The summed E-state index contributed by atoms with van der Waals surface area (Å²) in [7, 11) is 0. The maximum Gasteiger partial charge on any atom is 0.271 e. The van der Waals surface area contributed by atoms with Crippen LogP contribution in [0.3, 0.4) is 0 Å². The smallest absolute Gasteiger partial charge is 0.271 e. The number of benzene rings is 3. The highest BCUT2D eigenvalue weighted by Gasteiger charge is 2.26. The summed E-state index contributed by atoms with van der Waals surface area (Å²) < 4.78 is 26.6. The van der Waals surface area contributed by atoms with E-state index in [0.29, 0.717) is 11.4 Å². The molecule has 4 aromatic rings. The molecule has 0 aliphatic carbocycles. The second-order valence-corrected chi connectivity index (χ2v) is 9.57. The Hall–Kier alpha value is -3.91. The van der Waals surface area contributed by atoms with E-state index in [2.05, 4.69) is 10.3 Å². The van der Waals surface area contributed by atoms with Gasteiger partial charge in [-0.05, 0) is 47.4 Å². The number of carbonyl (C=O) groups is 2. The van der Waals surface area contributed by atoms with E-state index in [-0.39, 0.29) is 54.7 Å². The number of amides is 2. The van der Waals surface area contributed by atoms with E-state index < -0.39 is 0 Å². The Kier molecular flexibility index (Phi) is 8.74. The van der Waals surface area contributed by atoms with Crippen LogP contribution in [0.5, 0.6) is 0 Å². The number of carbonyl (C=O) groups excluding carboxylic acids is 2. The Morgan fingerprint density at radius 1 is 0.892 bits per heavy atom. The normalized spacial score (nSPS) is 11.6. The summed E-state index contributed by atoms with van der Waals surface area (Å²) in [5.41, 5.74) is 2.75. The molecule has 5 nitrogen and oxygen atoms in total. The fraction of sp³-hybridized carbons (Fsp3) is 0.207. The van der Waals surface area contributed by atoms with Crippen LogP contribution in [0.4, 0.5) is 8.78 Å². The van der Waals surface area contributed by atoms with Crippen molar-refractivity contribution in [1.82, 2.24) is 15.2 Å². The van der Waals surface area contributed by atoms with Gasteiger partial charge >= 0.3 is 0 Å². The molecule has 1 N–H and O–H groups in total. The molecule has 190 valence electrons. The van der Waals surface area contributed by atoms with Gasteiger partial charge in [0.15, 0.2) is 0 Å². The van der Waals surface area contributed by atoms with Gasteiger partial charge in [-0.15, -0.1) is 11.3 Å². The minimum Gasteiger partial charge on any atom is -0.347 e. The summed E-state index contributed by atoms with van der Waals surface area (Å²) in [6, 6.07) is 21.6. The van der Waals surface area contributed by atoms with Crippen molar-refractivity contribution in [3.05, 3.63) is 123 Å². The maximum absolute atomic E-state index is 13.7. The molecule has 0 saturated heterocycles. The standard InChI is InChI=1S/C29H27F2N3O2S/c1-2-25(22-6-4-3-5-7-22)29(36)34(17-21-10-14-24(31)15-11-21)18-27-33-26(19-37-27)28(35)32-16-20-8-12-23(30)13-9-20/h3-15,19,25H,2,16-18H2,1H3,(H,32,35). The van der Waals surface area contributed by atoms with Crippen molar-refractivity contribution in [3.8, 4) is 0 Å². The van der Waals surface area contributed by atoms with E-state index in [4.69, 9.17) is 0 Å². The van der Waals surface area contributed by atoms with Crippen molar-refractivity contribution in [2.45, 2.75) is 38.9 Å². The van der Waals surface area contributed by atoms with Gasteiger partial charge in [-0.3, -0.25) is 9.59 Å². The van der Waals surface area contributed by atoms with Crippen LogP contribution in [-0.4, -0.2) is 21.7 Å². The molecular formula is C29H27F2N3O2S. The average molecular weight is 520 g/mol. The number of thiazole rings is 1. The molecule has 1 heterocycles. The van der Waals surface area contributed by atoms with Crippen molar-refractivity contribution in [2.75, 3.05) is 0 Å². The highest BCUT2D eigenvalue weighted by Crippen LogP contribution is 2.25. The molecule has 0 fully saturated rings. The monoisotopic (exact) mass is 519 g/mol. The van der Waals surface area contributed by atoms with Gasteiger partial charge in [-0.1, -0.05) is 61.5 Å². The molecule has 0 bridgehead atoms. The van der Waals surface area contributed by atoms with E-state index in [1.165, 1.54) is 35.6 Å². The van der Waals surface area contributed by atoms with Crippen LogP contribution in [0.25, 0.3) is 0 Å². The highest BCUT2D eigenvalue weighted by atomic mass is 32.1. The first-order valence-electron chi connectivity index (χ1n) is 12.0. The third kappa shape index (κ3) is 7.07. The van der Waals surface area contributed by atoms with Gasteiger partial charge < -0.3 is 10.2 Å². The van der Waals surface area contributed by atoms with Gasteiger partial charge in [-0.2, -0.15) is 0 Å². The SMILES string of the molecule is CCC(C(=O)N(Cc1ccc(F)cc1)Cc1nc(C(=O)NCc2ccc(F)cc2)cs1)c1ccccc1. The van der Waals surface area contributed by atoms with Crippen LogP contribution in [-0.2, 0) is 24.4 Å². The molecule has 8 heteroatoms. The average Bonchev–Trinajstić information content (AvgIpc) is 3.39. The molecule has 1 atom stereocenters. The van der Waals surface area contributed by atoms with E-state index in [0.717, 1.165) is 16.7 Å². The zero-order valence-electron chi connectivity index (χ0n) is 20.4. The van der Waals surface area contributed by atoms with E-state index in [1.807, 2.05) is 37.3 Å². The van der Waals surface area contributed by atoms with Gasteiger partial charge in [0.2, 0.25) is 5.91 Å². The molecule has 0 aliphatic rings. The van der Waals surface area contributed by atoms with Crippen molar-refractivity contribution >= 4 is 23.2 Å². The van der Waals surface area contributed by atoms with Crippen LogP contribution in [0, 0.1) is 11.6 Å². The molecule has 0 spiro atoms. The summed E-state index contributed by atoms with van der Waals surface area (Å²) in [6.45, 7) is 2.72. The highest BCUT2D eigenvalue weighted by molar-refractivity contribution is 7.09. The van der Waals surface area contributed by atoms with E-state index in [1.54, 1.807) is 34.5 Å². The Labute approximate surface area is 218 Å². The summed E-state index contributed by atoms with van der Waals surface area (Å²) in [6.07, 6.45) is 0.623. The Balaban J connectivity index is 1.49. The van der Waals surface area contributed by atoms with Gasteiger partial charge in [-0.25, -0.2) is 13.8 Å². The zero-order chi connectivity index (χ0) is 26.2. The first-order chi connectivity index (χ1) is 17.9. The molecule has 1 unspecified atom stereocenters. The van der Waals surface area contributed by atoms with Crippen molar-refractivity contribution in [1.29, 1.82) is 0 Å². The minimum absolute atomic E-state index is 0.0597. The number of halogens is 2. The van der Waals surface area contributed by atoms with Crippen molar-refractivity contribution in [3.63, 3.8) is 0 Å². The molecule has 3 aromatic carbocycles. The number of aromatic nitrogens is 1. The summed E-state index contributed by atoms with van der Waals surface area (Å²) in [4.78, 5) is 32.5. The predicted molar refractivity (Wildman–Crippen MR) is 140 cm³/mol. The Morgan fingerprint density at radius 2 is 1.51 bits per heavy atom. The molecule has 4 rings (SSSR count). The predicted octanol–water partition coefficient (Wildman–Crippen LogP) is 6.07. The summed E-state index contributed by atoms with van der Waals surface area (Å²) in [5.74, 6) is -1.42. The Morgan fingerprint density at radius 3 is 2.14 bits per heavy atom. The number of nitrogens with zero attached hydrogens (tertiary/aromatic N) is 2. The lowest BCUT2D eigenvalue weighted by atomic mass is 9.95. The van der Waals surface area contributed by atoms with Crippen molar-refractivity contribution in [2.24, 2.45) is 0 Å². The number of rotatable bonds is 10. The van der Waals surface area contributed by atoms with Gasteiger partial charge in [0.1, 0.15) is 22.3 Å². The van der Waals surface area contributed by atoms with Crippen LogP contribution in [0.2, 0.25) is 0 Å². The molecule has 2 amide bonds. The lowest BCUT2D eigenvalue weighted by Crippen LogP contribution is -2.34. The largest absolute Gasteiger partial charge is 0.347 e. The fourth-order valence-electron chi connectivity index (χ4n) is 4.01. The topological polar surface area (TPSA) is 62.3 Å². The molecular weight excluding hydrogens is 492 g/mol. The second-order valence-electron chi connectivity index (χ2n) is 8.63. The lowest BCUT2D eigenvalue weighted by Gasteiger charge is -2.27. The first kappa shape index (κ1) is 26.2. The molecule has 0 aliphatic heterocycles. The quantitative estimate of drug-likeness (QED) is 0.277. The summed E-state index contributed by atoms with van der Waals surface area (Å²) >= 11 is 1.30. The van der Waals surface area contributed by atoms with Crippen LogP contribution in [0.1, 0.15) is 51.4 Å². The fourth-order valence-corrected chi connectivity index (χ4v) is 4.80. The van der Waals surface area contributed by atoms with Crippen LogP contribution in [0.15, 0.2) is 84.2 Å². The van der Waals surface area contributed by atoms with Gasteiger partial charge in [0.25, 0.3) is 5.91 Å². The Bertz CT molecular complexity index is 1330. The molecule has 1 aromatic heterocycles. The van der Waals surface area contributed by atoms with E-state index >= 15 is 0 Å². The number of hydrogen-bond donors (Lipinski definition) is 1. The minimum atomic E-state index is -0.348. The molecule has 0 saturated carbocycles. The molecule has 37 heavy (non-hydrogen) atoms. The van der Waals surface area contributed by atoms with Crippen LogP contribution >= 0.6 is 11.3 Å².